The van der Waals surface area contributed by atoms with Gasteiger partial charge in [-0.2, -0.15) is 0 Å². The number of para-hydroxylation sites is 2. The fourth-order valence-electron chi connectivity index (χ4n) is 3.27. The van der Waals surface area contributed by atoms with E-state index >= 15 is 0 Å². The summed E-state index contributed by atoms with van der Waals surface area (Å²) >= 11 is 0. The van der Waals surface area contributed by atoms with Crippen molar-refractivity contribution in [3.63, 3.8) is 0 Å². The Morgan fingerprint density at radius 1 is 1.24 bits per heavy atom. The first-order valence-electron chi connectivity index (χ1n) is 8.27. The predicted molar refractivity (Wildman–Crippen MR) is 94.0 cm³/mol. The first-order chi connectivity index (χ1) is 12.2. The lowest BCUT2D eigenvalue weighted by atomic mass is 10.0. The Balaban J connectivity index is 1.43. The summed E-state index contributed by atoms with van der Waals surface area (Å²) in [4.78, 5) is 12.4. The SMILES string of the molecule is COc1cccc2c1OCC(NC(=O)Cc1coc3ccccc13)C2. The van der Waals surface area contributed by atoms with Crippen molar-refractivity contribution in [2.45, 2.75) is 18.9 Å². The maximum Gasteiger partial charge on any atom is 0.224 e. The average Bonchev–Trinajstić information content (AvgIpc) is 3.04. The van der Waals surface area contributed by atoms with Crippen molar-refractivity contribution in [3.8, 4) is 11.5 Å². The molecule has 1 atom stereocenters. The van der Waals surface area contributed by atoms with Gasteiger partial charge in [-0.1, -0.05) is 30.3 Å². The number of furan rings is 1. The van der Waals surface area contributed by atoms with Crippen molar-refractivity contribution in [2.24, 2.45) is 0 Å². The molecule has 0 spiro atoms. The lowest BCUT2D eigenvalue weighted by Crippen LogP contribution is -2.43. The van der Waals surface area contributed by atoms with Gasteiger partial charge < -0.3 is 19.2 Å². The third kappa shape index (κ3) is 3.05. The van der Waals surface area contributed by atoms with Gasteiger partial charge in [0.15, 0.2) is 11.5 Å². The van der Waals surface area contributed by atoms with Crippen molar-refractivity contribution in [1.29, 1.82) is 0 Å². The van der Waals surface area contributed by atoms with Gasteiger partial charge in [0.25, 0.3) is 0 Å². The first kappa shape index (κ1) is 15.6. The van der Waals surface area contributed by atoms with Crippen LogP contribution in [0.1, 0.15) is 11.1 Å². The van der Waals surface area contributed by atoms with Crippen LogP contribution in [-0.4, -0.2) is 25.7 Å². The zero-order valence-electron chi connectivity index (χ0n) is 14.0. The molecule has 0 saturated heterocycles. The highest BCUT2D eigenvalue weighted by Gasteiger charge is 2.24. The van der Waals surface area contributed by atoms with Crippen molar-refractivity contribution < 1.29 is 18.7 Å². The molecule has 128 valence electrons. The summed E-state index contributed by atoms with van der Waals surface area (Å²) in [7, 11) is 1.63. The molecule has 5 nitrogen and oxygen atoms in total. The highest BCUT2D eigenvalue weighted by atomic mass is 16.5. The number of amides is 1. The Labute approximate surface area is 145 Å². The quantitative estimate of drug-likeness (QED) is 0.795. The highest BCUT2D eigenvalue weighted by molar-refractivity contribution is 5.87. The van der Waals surface area contributed by atoms with Crippen LogP contribution in [0.4, 0.5) is 0 Å². The molecule has 4 rings (SSSR count). The van der Waals surface area contributed by atoms with E-state index in [0.29, 0.717) is 13.0 Å². The van der Waals surface area contributed by atoms with Crippen molar-refractivity contribution in [3.05, 3.63) is 59.9 Å². The molecule has 1 unspecified atom stereocenters. The molecular weight excluding hydrogens is 318 g/mol. The maximum atomic E-state index is 12.4. The summed E-state index contributed by atoms with van der Waals surface area (Å²) in [6.45, 7) is 0.436. The van der Waals surface area contributed by atoms with Gasteiger partial charge in [-0.3, -0.25) is 4.79 Å². The van der Waals surface area contributed by atoms with Gasteiger partial charge in [-0.05, 0) is 18.6 Å². The minimum Gasteiger partial charge on any atom is -0.493 e. The maximum absolute atomic E-state index is 12.4. The topological polar surface area (TPSA) is 60.7 Å². The van der Waals surface area contributed by atoms with Gasteiger partial charge in [0, 0.05) is 16.5 Å². The fraction of sp³-hybridized carbons (Fsp3) is 0.250. The Kier molecular flexibility index (Phi) is 4.06. The van der Waals surface area contributed by atoms with E-state index in [4.69, 9.17) is 13.9 Å². The monoisotopic (exact) mass is 337 g/mol. The van der Waals surface area contributed by atoms with Crippen LogP contribution >= 0.6 is 0 Å². The van der Waals surface area contributed by atoms with Crippen molar-refractivity contribution in [2.75, 3.05) is 13.7 Å². The Morgan fingerprint density at radius 3 is 3.00 bits per heavy atom. The summed E-state index contributed by atoms with van der Waals surface area (Å²) in [6.07, 6.45) is 2.67. The average molecular weight is 337 g/mol. The molecule has 0 fully saturated rings. The smallest absolute Gasteiger partial charge is 0.224 e. The molecule has 3 aromatic rings. The molecule has 0 saturated carbocycles. The largest absolute Gasteiger partial charge is 0.493 e. The Morgan fingerprint density at radius 2 is 2.12 bits per heavy atom. The predicted octanol–water partition coefficient (Wildman–Crippen LogP) is 3.10. The van der Waals surface area contributed by atoms with Crippen LogP contribution in [0.25, 0.3) is 11.0 Å². The number of hydrogen-bond acceptors (Lipinski definition) is 4. The van der Waals surface area contributed by atoms with E-state index in [1.54, 1.807) is 13.4 Å². The van der Waals surface area contributed by atoms with E-state index in [2.05, 4.69) is 5.32 Å². The second-order valence-corrected chi connectivity index (χ2v) is 6.16. The lowest BCUT2D eigenvalue weighted by molar-refractivity contribution is -0.121. The summed E-state index contributed by atoms with van der Waals surface area (Å²) in [6, 6.07) is 13.5. The van der Waals surface area contributed by atoms with Crippen LogP contribution in [0.2, 0.25) is 0 Å². The Hall–Kier alpha value is -2.95. The zero-order chi connectivity index (χ0) is 17.2. The number of ether oxygens (including phenoxy) is 2. The minimum atomic E-state index is -0.0507. The number of benzene rings is 2. The molecule has 25 heavy (non-hydrogen) atoms. The van der Waals surface area contributed by atoms with Crippen LogP contribution in [0.5, 0.6) is 11.5 Å². The fourth-order valence-corrected chi connectivity index (χ4v) is 3.27. The molecular formula is C20H19NO4. The molecule has 1 aliphatic heterocycles. The third-order valence-corrected chi connectivity index (χ3v) is 4.45. The summed E-state index contributed by atoms with van der Waals surface area (Å²) in [5, 5.41) is 4.03. The van der Waals surface area contributed by atoms with Gasteiger partial charge in [0.1, 0.15) is 12.2 Å². The second-order valence-electron chi connectivity index (χ2n) is 6.16. The van der Waals surface area contributed by atoms with Crippen LogP contribution in [0.15, 0.2) is 53.1 Å². The van der Waals surface area contributed by atoms with Gasteiger partial charge in [-0.25, -0.2) is 0 Å². The number of hydrogen-bond donors (Lipinski definition) is 1. The molecule has 0 bridgehead atoms. The van der Waals surface area contributed by atoms with Crippen molar-refractivity contribution >= 4 is 16.9 Å². The van der Waals surface area contributed by atoms with Crippen molar-refractivity contribution in [1.82, 2.24) is 5.32 Å². The number of fused-ring (bicyclic) bond motifs is 2. The highest BCUT2D eigenvalue weighted by Crippen LogP contribution is 2.34. The molecule has 1 N–H and O–H groups in total. The summed E-state index contributed by atoms with van der Waals surface area (Å²) in [5.41, 5.74) is 2.74. The first-order valence-corrected chi connectivity index (χ1v) is 8.27. The number of rotatable bonds is 4. The number of carbonyl (C=O) groups excluding carboxylic acids is 1. The standard InChI is InChI=1S/C20H19NO4/c1-23-18-8-4-5-13-9-15(12-25-20(13)18)21-19(22)10-14-11-24-17-7-3-2-6-16(14)17/h2-8,11,15H,9-10,12H2,1H3,(H,21,22). The van der Waals surface area contributed by atoms with Gasteiger partial charge in [-0.15, -0.1) is 0 Å². The van der Waals surface area contributed by atoms with E-state index in [0.717, 1.165) is 40.0 Å². The molecule has 2 aromatic carbocycles. The van der Waals surface area contributed by atoms with E-state index in [1.807, 2.05) is 42.5 Å². The van der Waals surface area contributed by atoms with E-state index in [-0.39, 0.29) is 11.9 Å². The van der Waals surface area contributed by atoms with Crippen LogP contribution < -0.4 is 14.8 Å². The second kappa shape index (κ2) is 6.51. The number of carbonyl (C=O) groups is 1. The molecule has 5 heteroatoms. The zero-order valence-corrected chi connectivity index (χ0v) is 14.0. The van der Waals surface area contributed by atoms with E-state index < -0.39 is 0 Å². The molecule has 0 aliphatic carbocycles. The molecule has 1 amide bonds. The molecule has 2 heterocycles. The number of methoxy groups -OCH3 is 1. The number of nitrogens with one attached hydrogen (secondary N) is 1. The molecule has 0 radical (unpaired) electrons. The van der Waals surface area contributed by atoms with Crippen LogP contribution in [0, 0.1) is 0 Å². The minimum absolute atomic E-state index is 0.0356. The summed E-state index contributed by atoms with van der Waals surface area (Å²) in [5.74, 6) is 1.47. The van der Waals surface area contributed by atoms with Gasteiger partial charge >= 0.3 is 0 Å². The van der Waals surface area contributed by atoms with Crippen LogP contribution in [-0.2, 0) is 17.6 Å². The summed E-state index contributed by atoms with van der Waals surface area (Å²) < 4.78 is 16.6. The molecule has 1 aromatic heterocycles. The van der Waals surface area contributed by atoms with E-state index in [1.165, 1.54) is 0 Å². The van der Waals surface area contributed by atoms with Gasteiger partial charge in [0.05, 0.1) is 25.8 Å². The Bertz CT molecular complexity index is 915. The normalized spacial score (nSPS) is 16.1. The third-order valence-electron chi connectivity index (χ3n) is 4.45. The van der Waals surface area contributed by atoms with Gasteiger partial charge in [0.2, 0.25) is 5.91 Å². The van der Waals surface area contributed by atoms with E-state index in [9.17, 15) is 4.79 Å². The lowest BCUT2D eigenvalue weighted by Gasteiger charge is -2.27. The van der Waals surface area contributed by atoms with Crippen LogP contribution in [0.3, 0.4) is 0 Å². The molecule has 1 aliphatic rings.